The lowest BCUT2D eigenvalue weighted by Gasteiger charge is -2.30. The molecule has 0 unspecified atom stereocenters. The second-order valence-corrected chi connectivity index (χ2v) is 8.83. The summed E-state index contributed by atoms with van der Waals surface area (Å²) in [5.74, 6) is 2.71. The molecular weight excluding hydrogens is 260 g/mol. The van der Waals surface area contributed by atoms with Crippen molar-refractivity contribution in [1.29, 1.82) is 0 Å². The third-order valence-electron chi connectivity index (χ3n) is 4.47. The maximum atomic E-state index is 12.2. The molecule has 0 spiro atoms. The van der Waals surface area contributed by atoms with Crippen LogP contribution in [0.2, 0.25) is 0 Å². The van der Waals surface area contributed by atoms with Crippen LogP contribution in [0.25, 0.3) is 0 Å². The Morgan fingerprint density at radius 1 is 1.16 bits per heavy atom. The highest BCUT2D eigenvalue weighted by Crippen LogP contribution is 2.29. The van der Waals surface area contributed by atoms with E-state index >= 15 is 0 Å². The van der Waals surface area contributed by atoms with Gasteiger partial charge in [-0.15, -0.1) is 4.36 Å². The number of carbonyl (C=O) groups is 1. The molecule has 19 heavy (non-hydrogen) atoms. The molecule has 4 nitrogen and oxygen atoms in total. The highest BCUT2D eigenvalue weighted by molar-refractivity contribution is 7.94. The molecule has 110 valence electrons. The van der Waals surface area contributed by atoms with Crippen LogP contribution in [-0.2, 0) is 9.73 Å². The van der Waals surface area contributed by atoms with Crippen molar-refractivity contribution in [3.63, 3.8) is 0 Å². The van der Waals surface area contributed by atoms with E-state index in [0.29, 0.717) is 11.5 Å². The molecule has 0 aromatic carbocycles. The van der Waals surface area contributed by atoms with Crippen LogP contribution >= 0.6 is 0 Å². The average Bonchev–Trinajstić information content (AvgIpc) is 2.76. The molecular formula is C14H26N2O2S. The molecule has 0 aromatic heterocycles. The van der Waals surface area contributed by atoms with Gasteiger partial charge in [-0.3, -0.25) is 0 Å². The Morgan fingerprint density at radius 3 is 2.26 bits per heavy atom. The number of urea groups is 1. The number of hydrogen-bond acceptors (Lipinski definition) is 2. The van der Waals surface area contributed by atoms with Gasteiger partial charge in [-0.2, -0.15) is 0 Å². The Balaban J connectivity index is 1.83. The summed E-state index contributed by atoms with van der Waals surface area (Å²) < 4.78 is 16.1. The topological polar surface area (TPSA) is 58.5 Å². The molecule has 0 atom stereocenters. The van der Waals surface area contributed by atoms with Gasteiger partial charge in [0.1, 0.15) is 0 Å². The normalized spacial score (nSPS) is 30.3. The minimum atomic E-state index is -2.22. The molecule has 2 fully saturated rings. The molecule has 0 bridgehead atoms. The van der Waals surface area contributed by atoms with Gasteiger partial charge in [-0.25, -0.2) is 9.00 Å². The van der Waals surface area contributed by atoms with Crippen molar-refractivity contribution in [3.05, 3.63) is 0 Å². The predicted molar refractivity (Wildman–Crippen MR) is 78.7 cm³/mol. The molecule has 5 heteroatoms. The number of carbonyl (C=O) groups excluding carboxylic acids is 1. The lowest BCUT2D eigenvalue weighted by Crippen LogP contribution is -2.37. The zero-order valence-corrected chi connectivity index (χ0v) is 12.9. The molecule has 1 saturated carbocycles. The number of nitrogens with zero attached hydrogens (tertiary/aromatic N) is 1. The van der Waals surface area contributed by atoms with Gasteiger partial charge in [0.2, 0.25) is 0 Å². The lowest BCUT2D eigenvalue weighted by atomic mass is 9.80. The molecule has 2 rings (SSSR count). The van der Waals surface area contributed by atoms with E-state index in [4.69, 9.17) is 0 Å². The minimum Gasteiger partial charge on any atom is -0.333 e. The van der Waals surface area contributed by atoms with E-state index in [1.807, 2.05) is 0 Å². The summed E-state index contributed by atoms with van der Waals surface area (Å²) in [4.78, 5) is 11.8. The van der Waals surface area contributed by atoms with E-state index in [0.717, 1.165) is 37.5 Å². The Hall–Kier alpha value is -0.580. The van der Waals surface area contributed by atoms with Crippen molar-refractivity contribution >= 4 is 15.8 Å². The largest absolute Gasteiger partial charge is 0.349 e. The van der Waals surface area contributed by atoms with Gasteiger partial charge in [0, 0.05) is 17.5 Å². The molecule has 1 saturated heterocycles. The van der Waals surface area contributed by atoms with Gasteiger partial charge in [-0.05, 0) is 50.4 Å². The van der Waals surface area contributed by atoms with Crippen molar-refractivity contribution in [2.24, 2.45) is 16.2 Å². The standard InChI is InChI=1S/C14H26N2O2S/c1-11(2)12-5-7-13(8-6-12)15-14(17)16-19(18)9-3-4-10-19/h11-13H,3-10H2,1-2H3,(H,15,17). The molecule has 2 amide bonds. The van der Waals surface area contributed by atoms with Crippen molar-refractivity contribution < 1.29 is 9.00 Å². The van der Waals surface area contributed by atoms with E-state index in [9.17, 15) is 9.00 Å². The molecule has 1 aliphatic carbocycles. The van der Waals surface area contributed by atoms with E-state index < -0.39 is 9.73 Å². The van der Waals surface area contributed by atoms with E-state index in [1.165, 1.54) is 12.8 Å². The summed E-state index contributed by atoms with van der Waals surface area (Å²) in [5.41, 5.74) is 0. The monoisotopic (exact) mass is 286 g/mol. The third-order valence-corrected chi connectivity index (χ3v) is 6.82. The summed E-state index contributed by atoms with van der Waals surface area (Å²) in [6.07, 6.45) is 6.30. The Labute approximate surface area is 116 Å². The lowest BCUT2D eigenvalue weighted by molar-refractivity contribution is 0.222. The maximum absolute atomic E-state index is 12.2. The number of rotatable bonds is 2. The molecule has 0 radical (unpaired) electrons. The smallest absolute Gasteiger partial charge is 0.333 e. The first-order chi connectivity index (χ1) is 8.98. The minimum absolute atomic E-state index is 0.232. The number of nitrogens with one attached hydrogen (secondary N) is 1. The Kier molecular flexibility index (Phi) is 4.87. The van der Waals surface area contributed by atoms with E-state index in [1.54, 1.807) is 0 Å². The van der Waals surface area contributed by atoms with Gasteiger partial charge >= 0.3 is 6.03 Å². The summed E-state index contributed by atoms with van der Waals surface area (Å²) in [6, 6.07) is -0.115. The van der Waals surface area contributed by atoms with Crippen LogP contribution in [-0.4, -0.2) is 27.8 Å². The predicted octanol–water partition coefficient (Wildman–Crippen LogP) is 3.17. The van der Waals surface area contributed by atoms with E-state index in [-0.39, 0.29) is 12.1 Å². The van der Waals surface area contributed by atoms with Crippen LogP contribution in [0.5, 0.6) is 0 Å². The van der Waals surface area contributed by atoms with Crippen LogP contribution in [0, 0.1) is 11.8 Å². The fraction of sp³-hybridized carbons (Fsp3) is 0.929. The van der Waals surface area contributed by atoms with Crippen LogP contribution in [0.3, 0.4) is 0 Å². The summed E-state index contributed by atoms with van der Waals surface area (Å²) in [7, 11) is -2.22. The first-order valence-electron chi connectivity index (χ1n) is 7.51. The molecule has 1 heterocycles. The third kappa shape index (κ3) is 4.20. The van der Waals surface area contributed by atoms with Crippen molar-refractivity contribution in [2.45, 2.75) is 58.4 Å². The first kappa shape index (κ1) is 14.8. The van der Waals surface area contributed by atoms with Gasteiger partial charge in [0.05, 0.1) is 9.73 Å². The summed E-state index contributed by atoms with van der Waals surface area (Å²) in [5, 5.41) is 2.95. The SMILES string of the molecule is CC(C)C1CCC(NC(=O)N=S2(=O)CCCC2)CC1. The second kappa shape index (κ2) is 6.25. The van der Waals surface area contributed by atoms with Gasteiger partial charge in [0.25, 0.3) is 0 Å². The molecule has 1 N–H and O–H groups in total. The van der Waals surface area contributed by atoms with E-state index in [2.05, 4.69) is 23.5 Å². The Morgan fingerprint density at radius 2 is 1.74 bits per heavy atom. The van der Waals surface area contributed by atoms with Crippen LogP contribution in [0.4, 0.5) is 4.79 Å². The first-order valence-corrected chi connectivity index (χ1v) is 9.37. The van der Waals surface area contributed by atoms with Crippen molar-refractivity contribution in [1.82, 2.24) is 5.32 Å². The van der Waals surface area contributed by atoms with Crippen molar-refractivity contribution in [2.75, 3.05) is 11.5 Å². The zero-order valence-electron chi connectivity index (χ0n) is 12.1. The molecule has 2 aliphatic rings. The van der Waals surface area contributed by atoms with Crippen molar-refractivity contribution in [3.8, 4) is 0 Å². The second-order valence-electron chi connectivity index (χ2n) is 6.28. The maximum Gasteiger partial charge on any atom is 0.349 e. The average molecular weight is 286 g/mol. The number of amides is 2. The van der Waals surface area contributed by atoms with Gasteiger partial charge < -0.3 is 5.32 Å². The van der Waals surface area contributed by atoms with Crippen LogP contribution in [0.1, 0.15) is 52.4 Å². The van der Waals surface area contributed by atoms with Crippen LogP contribution < -0.4 is 5.32 Å². The highest BCUT2D eigenvalue weighted by Gasteiger charge is 2.25. The summed E-state index contributed by atoms with van der Waals surface area (Å²) >= 11 is 0. The zero-order chi connectivity index (χ0) is 13.9. The number of hydrogen-bond donors (Lipinski definition) is 1. The Bertz CT molecular complexity index is 419. The molecule has 0 aromatic rings. The highest BCUT2D eigenvalue weighted by atomic mass is 32.2. The summed E-state index contributed by atoms with van der Waals surface area (Å²) in [6.45, 7) is 4.53. The van der Waals surface area contributed by atoms with Crippen LogP contribution in [0.15, 0.2) is 4.36 Å². The van der Waals surface area contributed by atoms with Gasteiger partial charge in [-0.1, -0.05) is 13.8 Å². The fourth-order valence-corrected chi connectivity index (χ4v) is 5.18. The quantitative estimate of drug-likeness (QED) is 0.847. The molecule has 1 aliphatic heterocycles. The fourth-order valence-electron chi connectivity index (χ4n) is 3.13. The van der Waals surface area contributed by atoms with Gasteiger partial charge in [0.15, 0.2) is 0 Å².